The molecule has 27 heavy (non-hydrogen) atoms. The Morgan fingerprint density at radius 3 is 2.30 bits per heavy atom. The first-order valence-corrected chi connectivity index (χ1v) is 9.05. The minimum atomic E-state index is -0.629. The third-order valence-corrected chi connectivity index (χ3v) is 4.30. The van der Waals surface area contributed by atoms with E-state index < -0.39 is 11.9 Å². The van der Waals surface area contributed by atoms with E-state index in [1.165, 1.54) is 31.7 Å². The van der Waals surface area contributed by atoms with Gasteiger partial charge in [-0.1, -0.05) is 19.3 Å². The standard InChI is InChI=1S/C19H26N2O6/c1-25-16-11-14(7-8-15(16)26-12-17(20)22)19(24)27-13-18(23)21-9-5-3-2-4-6-10-21/h7-8,11H,2-6,9-10,12-13H2,1H3,(H2,20,22). The van der Waals surface area contributed by atoms with Crippen molar-refractivity contribution in [1.82, 2.24) is 4.90 Å². The molecule has 1 fully saturated rings. The molecule has 1 aromatic carbocycles. The maximum absolute atomic E-state index is 12.3. The molecule has 148 valence electrons. The first kappa shape index (κ1) is 20.5. The van der Waals surface area contributed by atoms with Crippen molar-refractivity contribution in [2.45, 2.75) is 32.1 Å². The second kappa shape index (κ2) is 10.4. The van der Waals surface area contributed by atoms with Gasteiger partial charge >= 0.3 is 5.97 Å². The molecule has 0 unspecified atom stereocenters. The van der Waals surface area contributed by atoms with Crippen LogP contribution < -0.4 is 15.2 Å². The number of likely N-dealkylation sites (tertiary alicyclic amines) is 1. The predicted molar refractivity (Wildman–Crippen MR) is 97.6 cm³/mol. The largest absolute Gasteiger partial charge is 0.493 e. The highest BCUT2D eigenvalue weighted by Gasteiger charge is 2.18. The van der Waals surface area contributed by atoms with Gasteiger partial charge in [-0.2, -0.15) is 0 Å². The van der Waals surface area contributed by atoms with Crippen molar-refractivity contribution < 1.29 is 28.6 Å². The summed E-state index contributed by atoms with van der Waals surface area (Å²) in [7, 11) is 1.41. The van der Waals surface area contributed by atoms with Crippen LogP contribution in [-0.4, -0.2) is 56.1 Å². The summed E-state index contributed by atoms with van der Waals surface area (Å²) in [6.45, 7) is 0.817. The molecule has 0 atom stereocenters. The van der Waals surface area contributed by atoms with Crippen molar-refractivity contribution in [1.29, 1.82) is 0 Å². The van der Waals surface area contributed by atoms with Gasteiger partial charge in [0.25, 0.3) is 11.8 Å². The van der Waals surface area contributed by atoms with Crippen molar-refractivity contribution in [3.63, 3.8) is 0 Å². The molecule has 8 nitrogen and oxygen atoms in total. The summed E-state index contributed by atoms with van der Waals surface area (Å²) in [5.74, 6) is -0.887. The van der Waals surface area contributed by atoms with Gasteiger partial charge < -0.3 is 24.8 Å². The molecule has 1 aliphatic heterocycles. The second-order valence-corrected chi connectivity index (χ2v) is 6.35. The number of ether oxygens (including phenoxy) is 3. The van der Waals surface area contributed by atoms with Crippen LogP contribution in [0.3, 0.4) is 0 Å². The van der Waals surface area contributed by atoms with Crippen molar-refractivity contribution >= 4 is 17.8 Å². The fourth-order valence-electron chi connectivity index (χ4n) is 2.86. The minimum Gasteiger partial charge on any atom is -0.493 e. The summed E-state index contributed by atoms with van der Waals surface area (Å²) in [5, 5.41) is 0. The van der Waals surface area contributed by atoms with E-state index in [4.69, 9.17) is 19.9 Å². The molecule has 0 spiro atoms. The van der Waals surface area contributed by atoms with Gasteiger partial charge in [0.1, 0.15) is 0 Å². The highest BCUT2D eigenvalue weighted by molar-refractivity contribution is 5.92. The zero-order chi connectivity index (χ0) is 19.6. The Balaban J connectivity index is 1.92. The van der Waals surface area contributed by atoms with Crippen LogP contribution in [0.15, 0.2) is 18.2 Å². The predicted octanol–water partition coefficient (Wildman–Crippen LogP) is 1.51. The van der Waals surface area contributed by atoms with Gasteiger partial charge in [-0.25, -0.2) is 4.79 Å². The summed E-state index contributed by atoms with van der Waals surface area (Å²) < 4.78 is 15.5. The molecule has 0 aromatic heterocycles. The average molecular weight is 378 g/mol. The fourth-order valence-corrected chi connectivity index (χ4v) is 2.86. The van der Waals surface area contributed by atoms with Gasteiger partial charge in [0, 0.05) is 13.1 Å². The Kier molecular flexibility index (Phi) is 7.91. The molecule has 0 bridgehead atoms. The van der Waals surface area contributed by atoms with Gasteiger partial charge in [0.2, 0.25) is 0 Å². The van der Waals surface area contributed by atoms with Crippen molar-refractivity contribution in [2.24, 2.45) is 5.73 Å². The first-order chi connectivity index (χ1) is 13.0. The number of carbonyl (C=O) groups is 3. The van der Waals surface area contributed by atoms with Gasteiger partial charge in [0.05, 0.1) is 12.7 Å². The highest BCUT2D eigenvalue weighted by atomic mass is 16.5. The van der Waals surface area contributed by atoms with Crippen LogP contribution in [-0.2, 0) is 14.3 Å². The molecule has 0 saturated carbocycles. The Bertz CT molecular complexity index is 668. The van der Waals surface area contributed by atoms with E-state index in [1.54, 1.807) is 4.90 Å². The summed E-state index contributed by atoms with van der Waals surface area (Å²) in [4.78, 5) is 37.1. The number of hydrogen-bond donors (Lipinski definition) is 1. The average Bonchev–Trinajstić information content (AvgIpc) is 2.63. The van der Waals surface area contributed by atoms with Crippen LogP contribution in [0.4, 0.5) is 0 Å². The van der Waals surface area contributed by atoms with E-state index in [2.05, 4.69) is 0 Å². The van der Waals surface area contributed by atoms with Gasteiger partial charge in [-0.3, -0.25) is 9.59 Å². The summed E-state index contributed by atoms with van der Waals surface area (Å²) in [6.07, 6.45) is 5.40. The number of rotatable bonds is 7. The van der Waals surface area contributed by atoms with E-state index in [9.17, 15) is 14.4 Å². The lowest BCUT2D eigenvalue weighted by Gasteiger charge is -2.24. The van der Waals surface area contributed by atoms with Crippen LogP contribution in [0.5, 0.6) is 11.5 Å². The first-order valence-electron chi connectivity index (χ1n) is 9.05. The number of benzene rings is 1. The molecule has 1 aromatic rings. The molecule has 0 aliphatic carbocycles. The van der Waals surface area contributed by atoms with Crippen LogP contribution in [0.1, 0.15) is 42.5 Å². The molecule has 2 N–H and O–H groups in total. The van der Waals surface area contributed by atoms with Crippen LogP contribution >= 0.6 is 0 Å². The quantitative estimate of drug-likeness (QED) is 0.721. The minimum absolute atomic E-state index is 0.182. The number of nitrogens with two attached hydrogens (primary N) is 1. The number of amides is 2. The molecule has 2 rings (SSSR count). The summed E-state index contributed by atoms with van der Waals surface area (Å²) >= 11 is 0. The lowest BCUT2D eigenvalue weighted by molar-refractivity contribution is -0.134. The van der Waals surface area contributed by atoms with E-state index >= 15 is 0 Å². The Hall–Kier alpha value is -2.77. The smallest absolute Gasteiger partial charge is 0.338 e. The molecule has 1 aliphatic rings. The normalized spacial score (nSPS) is 14.6. The number of carbonyl (C=O) groups excluding carboxylic acids is 3. The zero-order valence-corrected chi connectivity index (χ0v) is 15.6. The zero-order valence-electron chi connectivity index (χ0n) is 15.6. The van der Waals surface area contributed by atoms with E-state index in [0.29, 0.717) is 13.1 Å². The Labute approximate surface area is 158 Å². The Morgan fingerprint density at radius 1 is 1.00 bits per heavy atom. The maximum Gasteiger partial charge on any atom is 0.338 e. The second-order valence-electron chi connectivity index (χ2n) is 6.35. The molecule has 2 amide bonds. The highest BCUT2D eigenvalue weighted by Crippen LogP contribution is 2.28. The van der Waals surface area contributed by atoms with E-state index in [-0.39, 0.29) is 36.2 Å². The van der Waals surface area contributed by atoms with Gasteiger partial charge in [0.15, 0.2) is 24.7 Å². The Morgan fingerprint density at radius 2 is 1.67 bits per heavy atom. The SMILES string of the molecule is COc1cc(C(=O)OCC(=O)N2CCCCCCC2)ccc1OCC(N)=O. The third kappa shape index (κ3) is 6.47. The number of primary amides is 1. The van der Waals surface area contributed by atoms with Crippen molar-refractivity contribution in [2.75, 3.05) is 33.4 Å². The van der Waals surface area contributed by atoms with E-state index in [0.717, 1.165) is 25.7 Å². The molecule has 8 heteroatoms. The van der Waals surface area contributed by atoms with Crippen LogP contribution in [0, 0.1) is 0 Å². The molecular weight excluding hydrogens is 352 g/mol. The summed E-state index contributed by atoms with van der Waals surface area (Å²) in [5.41, 5.74) is 5.26. The number of hydrogen-bond acceptors (Lipinski definition) is 6. The van der Waals surface area contributed by atoms with Crippen molar-refractivity contribution in [3.05, 3.63) is 23.8 Å². The van der Waals surface area contributed by atoms with Gasteiger partial charge in [-0.05, 0) is 31.0 Å². The number of esters is 1. The van der Waals surface area contributed by atoms with Gasteiger partial charge in [-0.15, -0.1) is 0 Å². The molecule has 0 radical (unpaired) electrons. The topological polar surface area (TPSA) is 108 Å². The number of nitrogens with zero attached hydrogens (tertiary/aromatic N) is 1. The molecule has 1 heterocycles. The molecule has 1 saturated heterocycles. The summed E-state index contributed by atoms with van der Waals surface area (Å²) in [6, 6.07) is 4.39. The lowest BCUT2D eigenvalue weighted by Crippen LogP contribution is -2.36. The monoisotopic (exact) mass is 378 g/mol. The fraction of sp³-hybridized carbons (Fsp3) is 0.526. The lowest BCUT2D eigenvalue weighted by atomic mass is 10.1. The van der Waals surface area contributed by atoms with E-state index in [1.807, 2.05) is 0 Å². The van der Waals surface area contributed by atoms with Crippen LogP contribution in [0.25, 0.3) is 0 Å². The number of methoxy groups -OCH3 is 1. The van der Waals surface area contributed by atoms with Crippen molar-refractivity contribution in [3.8, 4) is 11.5 Å². The maximum atomic E-state index is 12.3. The molecular formula is C19H26N2O6. The third-order valence-electron chi connectivity index (χ3n) is 4.30. The van der Waals surface area contributed by atoms with Crippen LogP contribution in [0.2, 0.25) is 0 Å².